The lowest BCUT2D eigenvalue weighted by Gasteiger charge is -2.10. The van der Waals surface area contributed by atoms with Crippen LogP contribution in [-0.4, -0.2) is 16.1 Å². The van der Waals surface area contributed by atoms with Gasteiger partial charge in [0.1, 0.15) is 5.03 Å². The second-order valence-corrected chi connectivity index (χ2v) is 6.99. The number of hydrogen-bond donors (Lipinski definition) is 1. The fourth-order valence-corrected chi connectivity index (χ4v) is 3.63. The van der Waals surface area contributed by atoms with E-state index in [4.69, 9.17) is 0 Å². The Hall–Kier alpha value is -2.11. The largest absolute Gasteiger partial charge is 0.478 e. The summed E-state index contributed by atoms with van der Waals surface area (Å²) < 4.78 is 1.04. The van der Waals surface area contributed by atoms with Gasteiger partial charge in [-0.25, -0.2) is 9.78 Å². The van der Waals surface area contributed by atoms with Crippen molar-refractivity contribution in [1.82, 2.24) is 4.98 Å². The molecule has 5 heteroatoms. The van der Waals surface area contributed by atoms with Crippen LogP contribution in [0.5, 0.6) is 0 Å². The van der Waals surface area contributed by atoms with Gasteiger partial charge in [0.15, 0.2) is 0 Å². The number of aromatic carboxylic acids is 1. The number of pyridine rings is 1. The van der Waals surface area contributed by atoms with Crippen molar-refractivity contribution in [3.8, 4) is 11.1 Å². The smallest absolute Gasteiger partial charge is 0.338 e. The molecule has 1 aromatic heterocycles. The highest BCUT2D eigenvalue weighted by Gasteiger charge is 2.12. The number of carboxylic acid groups (broad SMARTS) is 1. The van der Waals surface area contributed by atoms with Gasteiger partial charge in [-0.3, -0.25) is 0 Å². The van der Waals surface area contributed by atoms with Crippen molar-refractivity contribution in [1.29, 1.82) is 0 Å². The maximum absolute atomic E-state index is 11.3. The molecule has 0 amide bonds. The van der Waals surface area contributed by atoms with Gasteiger partial charge in [0.2, 0.25) is 0 Å². The zero-order valence-corrected chi connectivity index (χ0v) is 15.0. The first-order valence-electron chi connectivity index (χ1n) is 7.30. The Balaban J connectivity index is 1.87. The quantitative estimate of drug-likeness (QED) is 0.575. The summed E-state index contributed by atoms with van der Waals surface area (Å²) >= 11 is 4.89. The van der Waals surface area contributed by atoms with Crippen molar-refractivity contribution in [3.05, 3.63) is 82.5 Å². The summed E-state index contributed by atoms with van der Waals surface area (Å²) in [6, 6.07) is 19.5. The molecule has 3 rings (SSSR count). The molecule has 0 atom stereocenters. The monoisotopic (exact) mass is 399 g/mol. The van der Waals surface area contributed by atoms with Crippen LogP contribution >= 0.6 is 27.7 Å². The lowest BCUT2D eigenvalue weighted by Crippen LogP contribution is -2.00. The van der Waals surface area contributed by atoms with Crippen molar-refractivity contribution < 1.29 is 9.90 Å². The SMILES string of the molecule is O=C(O)c1cccnc1SCc1ccccc1-c1ccc(Br)cc1. The Kier molecular flexibility index (Phi) is 5.33. The first-order valence-corrected chi connectivity index (χ1v) is 9.08. The predicted molar refractivity (Wildman–Crippen MR) is 100 cm³/mol. The van der Waals surface area contributed by atoms with Gasteiger partial charge in [0.25, 0.3) is 0 Å². The summed E-state index contributed by atoms with van der Waals surface area (Å²) in [4.78, 5) is 15.5. The van der Waals surface area contributed by atoms with Gasteiger partial charge >= 0.3 is 5.97 Å². The number of benzene rings is 2. The van der Waals surface area contributed by atoms with Crippen LogP contribution < -0.4 is 0 Å². The van der Waals surface area contributed by atoms with Gasteiger partial charge in [-0.05, 0) is 41.0 Å². The molecular weight excluding hydrogens is 386 g/mol. The fourth-order valence-electron chi connectivity index (χ4n) is 2.37. The summed E-state index contributed by atoms with van der Waals surface area (Å²) in [6.45, 7) is 0. The molecule has 0 radical (unpaired) electrons. The number of carbonyl (C=O) groups is 1. The third-order valence-corrected chi connectivity index (χ3v) is 5.12. The lowest BCUT2D eigenvalue weighted by atomic mass is 10.0. The summed E-state index contributed by atoms with van der Waals surface area (Å²) in [7, 11) is 0. The Morgan fingerprint density at radius 1 is 1.04 bits per heavy atom. The van der Waals surface area contributed by atoms with E-state index in [2.05, 4.69) is 45.2 Å². The Bertz CT molecular complexity index is 865. The van der Waals surface area contributed by atoms with E-state index < -0.39 is 5.97 Å². The fraction of sp³-hybridized carbons (Fsp3) is 0.0526. The van der Waals surface area contributed by atoms with Crippen LogP contribution in [0.25, 0.3) is 11.1 Å². The average molecular weight is 400 g/mol. The topological polar surface area (TPSA) is 50.2 Å². The zero-order valence-electron chi connectivity index (χ0n) is 12.6. The first-order chi connectivity index (χ1) is 11.6. The highest BCUT2D eigenvalue weighted by Crippen LogP contribution is 2.31. The molecular formula is C19H14BrNO2S. The zero-order chi connectivity index (χ0) is 16.9. The maximum atomic E-state index is 11.3. The molecule has 3 aromatic rings. The minimum absolute atomic E-state index is 0.239. The third-order valence-electron chi connectivity index (χ3n) is 3.54. The summed E-state index contributed by atoms with van der Waals surface area (Å²) in [6.07, 6.45) is 1.62. The van der Waals surface area contributed by atoms with E-state index in [0.29, 0.717) is 10.8 Å². The minimum Gasteiger partial charge on any atom is -0.478 e. The van der Waals surface area contributed by atoms with Crippen LogP contribution in [0.2, 0.25) is 0 Å². The molecule has 0 fully saturated rings. The summed E-state index contributed by atoms with van der Waals surface area (Å²) in [5.41, 5.74) is 3.66. The van der Waals surface area contributed by atoms with Crippen molar-refractivity contribution >= 4 is 33.7 Å². The number of halogens is 1. The number of nitrogens with zero attached hydrogens (tertiary/aromatic N) is 1. The minimum atomic E-state index is -0.952. The van der Waals surface area contributed by atoms with Crippen LogP contribution in [-0.2, 0) is 5.75 Å². The Labute approximate surface area is 152 Å². The highest BCUT2D eigenvalue weighted by molar-refractivity contribution is 9.10. The molecule has 0 saturated heterocycles. The van der Waals surface area contributed by atoms with E-state index >= 15 is 0 Å². The molecule has 1 heterocycles. The number of thioether (sulfide) groups is 1. The van der Waals surface area contributed by atoms with Gasteiger partial charge in [-0.2, -0.15) is 0 Å². The lowest BCUT2D eigenvalue weighted by molar-refractivity contribution is 0.0692. The summed E-state index contributed by atoms with van der Waals surface area (Å²) in [5, 5.41) is 9.80. The molecule has 0 spiro atoms. The van der Waals surface area contributed by atoms with Crippen LogP contribution in [0.15, 0.2) is 76.4 Å². The van der Waals surface area contributed by atoms with Gasteiger partial charge < -0.3 is 5.11 Å². The molecule has 0 aliphatic heterocycles. The molecule has 0 saturated carbocycles. The molecule has 0 aliphatic rings. The van der Waals surface area contributed by atoms with Gasteiger partial charge in [0, 0.05) is 16.4 Å². The predicted octanol–water partition coefficient (Wildman–Crippen LogP) is 5.50. The van der Waals surface area contributed by atoms with Crippen molar-refractivity contribution in [3.63, 3.8) is 0 Å². The number of carboxylic acids is 1. The molecule has 120 valence electrons. The number of rotatable bonds is 5. The molecule has 3 nitrogen and oxygen atoms in total. The second kappa shape index (κ2) is 7.64. The third kappa shape index (κ3) is 3.86. The number of hydrogen-bond acceptors (Lipinski definition) is 3. The molecule has 0 bridgehead atoms. The van der Waals surface area contributed by atoms with E-state index in [1.165, 1.54) is 11.8 Å². The van der Waals surface area contributed by atoms with Crippen molar-refractivity contribution in [2.75, 3.05) is 0 Å². The number of aromatic nitrogens is 1. The molecule has 0 aliphatic carbocycles. The first kappa shape index (κ1) is 16.7. The Morgan fingerprint density at radius 3 is 2.54 bits per heavy atom. The van der Waals surface area contributed by atoms with Crippen LogP contribution in [0.1, 0.15) is 15.9 Å². The molecule has 2 aromatic carbocycles. The second-order valence-electron chi connectivity index (χ2n) is 5.11. The summed E-state index contributed by atoms with van der Waals surface area (Å²) in [5.74, 6) is -0.296. The van der Waals surface area contributed by atoms with E-state index in [9.17, 15) is 9.90 Å². The van der Waals surface area contributed by atoms with Crippen molar-refractivity contribution in [2.45, 2.75) is 10.8 Å². The average Bonchev–Trinajstić information content (AvgIpc) is 2.61. The molecule has 0 unspecified atom stereocenters. The molecule has 24 heavy (non-hydrogen) atoms. The normalized spacial score (nSPS) is 10.5. The molecule has 1 N–H and O–H groups in total. The van der Waals surface area contributed by atoms with Gasteiger partial charge in [-0.15, -0.1) is 11.8 Å². The van der Waals surface area contributed by atoms with Crippen molar-refractivity contribution in [2.24, 2.45) is 0 Å². The van der Waals surface area contributed by atoms with Crippen LogP contribution in [0.3, 0.4) is 0 Å². The van der Waals surface area contributed by atoms with Gasteiger partial charge in [0.05, 0.1) is 5.56 Å². The van der Waals surface area contributed by atoms with E-state index in [-0.39, 0.29) is 5.56 Å². The van der Waals surface area contributed by atoms with Gasteiger partial charge in [-0.1, -0.05) is 52.3 Å². The highest BCUT2D eigenvalue weighted by atomic mass is 79.9. The van der Waals surface area contributed by atoms with Crippen LogP contribution in [0.4, 0.5) is 0 Å². The Morgan fingerprint density at radius 2 is 1.79 bits per heavy atom. The van der Waals surface area contributed by atoms with E-state index in [1.807, 2.05) is 24.3 Å². The maximum Gasteiger partial charge on any atom is 0.338 e. The van der Waals surface area contributed by atoms with E-state index in [1.54, 1.807) is 18.3 Å². The standard InChI is InChI=1S/C19H14BrNO2S/c20-15-9-7-13(8-10-15)16-5-2-1-4-14(16)12-24-18-17(19(22)23)6-3-11-21-18/h1-11H,12H2,(H,22,23). The van der Waals surface area contributed by atoms with Crippen LogP contribution in [0, 0.1) is 0 Å². The van der Waals surface area contributed by atoms with E-state index in [0.717, 1.165) is 21.2 Å².